The van der Waals surface area contributed by atoms with Crippen molar-refractivity contribution in [3.63, 3.8) is 0 Å². The summed E-state index contributed by atoms with van der Waals surface area (Å²) in [6.07, 6.45) is -0.174. The second-order valence-corrected chi connectivity index (χ2v) is 4.98. The third kappa shape index (κ3) is 2.95. The van der Waals surface area contributed by atoms with E-state index in [4.69, 9.17) is 9.47 Å². The van der Waals surface area contributed by atoms with Crippen molar-refractivity contribution in [3.05, 3.63) is 48.0 Å². The maximum absolute atomic E-state index is 10.5. The number of methoxy groups -OCH3 is 2. The topological polar surface area (TPSA) is 38.7 Å². The van der Waals surface area contributed by atoms with Crippen LogP contribution in [-0.2, 0) is 15.9 Å². The third-order valence-electron chi connectivity index (χ3n) is 3.36. The van der Waals surface area contributed by atoms with E-state index in [2.05, 4.69) is 18.2 Å². The van der Waals surface area contributed by atoms with Crippen molar-refractivity contribution in [3.8, 4) is 0 Å². The van der Waals surface area contributed by atoms with Crippen LogP contribution in [0.5, 0.6) is 0 Å². The van der Waals surface area contributed by atoms with Gasteiger partial charge in [0.25, 0.3) is 0 Å². The molecule has 0 fully saturated rings. The van der Waals surface area contributed by atoms with Gasteiger partial charge in [-0.05, 0) is 23.3 Å². The van der Waals surface area contributed by atoms with Crippen molar-refractivity contribution in [1.29, 1.82) is 0 Å². The van der Waals surface area contributed by atoms with Gasteiger partial charge in [0.05, 0.1) is 0 Å². The molecule has 2 rings (SSSR count). The maximum atomic E-state index is 10.5. The molecule has 0 bridgehead atoms. The molecule has 2 aromatic carbocycles. The highest BCUT2D eigenvalue weighted by Crippen LogP contribution is 2.25. The summed E-state index contributed by atoms with van der Waals surface area (Å²) in [6, 6.07) is 14.2. The number of fused-ring (bicyclic) bond motifs is 1. The largest absolute Gasteiger partial charge is 0.385 e. The molecule has 0 aliphatic rings. The summed E-state index contributed by atoms with van der Waals surface area (Å²) in [5, 5.41) is 12.9. The predicted molar refractivity (Wildman–Crippen MR) is 76.1 cm³/mol. The van der Waals surface area contributed by atoms with Gasteiger partial charge in [0.1, 0.15) is 5.60 Å². The molecule has 102 valence electrons. The van der Waals surface area contributed by atoms with Gasteiger partial charge < -0.3 is 14.6 Å². The molecule has 2 aromatic rings. The van der Waals surface area contributed by atoms with E-state index < -0.39 is 11.9 Å². The van der Waals surface area contributed by atoms with E-state index in [1.54, 1.807) is 6.92 Å². The van der Waals surface area contributed by atoms with Crippen LogP contribution < -0.4 is 0 Å². The van der Waals surface area contributed by atoms with Crippen LogP contribution in [-0.4, -0.2) is 31.2 Å². The van der Waals surface area contributed by atoms with Crippen molar-refractivity contribution in [2.45, 2.75) is 25.2 Å². The average molecular weight is 260 g/mol. The zero-order valence-corrected chi connectivity index (χ0v) is 11.6. The number of hydrogen-bond acceptors (Lipinski definition) is 3. The Hall–Kier alpha value is -1.42. The molecule has 0 heterocycles. The van der Waals surface area contributed by atoms with Crippen LogP contribution in [0.2, 0.25) is 0 Å². The number of benzene rings is 2. The molecule has 3 heteroatoms. The first kappa shape index (κ1) is 14.0. The molecule has 3 nitrogen and oxygen atoms in total. The Morgan fingerprint density at radius 2 is 1.68 bits per heavy atom. The normalized spacial score (nSPS) is 14.8. The third-order valence-corrected chi connectivity index (χ3v) is 3.36. The minimum Gasteiger partial charge on any atom is -0.385 e. The van der Waals surface area contributed by atoms with Gasteiger partial charge in [-0.1, -0.05) is 42.5 Å². The molecule has 0 radical (unpaired) electrons. The van der Waals surface area contributed by atoms with E-state index in [0.717, 1.165) is 10.9 Å². The zero-order valence-electron chi connectivity index (χ0n) is 11.6. The van der Waals surface area contributed by atoms with Crippen LogP contribution in [0.4, 0.5) is 0 Å². The fourth-order valence-corrected chi connectivity index (χ4v) is 2.52. The lowest BCUT2D eigenvalue weighted by Crippen LogP contribution is -2.43. The molecule has 0 spiro atoms. The second-order valence-electron chi connectivity index (χ2n) is 4.98. The molecule has 0 saturated heterocycles. The lowest BCUT2D eigenvalue weighted by molar-refractivity contribution is -0.207. The molecule has 0 aliphatic carbocycles. The highest BCUT2D eigenvalue weighted by molar-refractivity contribution is 5.85. The molecule has 1 N–H and O–H groups in total. The molecule has 0 aliphatic heterocycles. The van der Waals surface area contributed by atoms with Crippen LogP contribution in [0.1, 0.15) is 12.5 Å². The summed E-state index contributed by atoms with van der Waals surface area (Å²) in [5.74, 6) is 0. The summed E-state index contributed by atoms with van der Waals surface area (Å²) < 4.78 is 10.4. The first-order chi connectivity index (χ1) is 9.08. The highest BCUT2D eigenvalue weighted by Gasteiger charge is 2.32. The molecule has 0 saturated carbocycles. The Morgan fingerprint density at radius 1 is 1.05 bits per heavy atom. The molecular weight excluding hydrogens is 240 g/mol. The number of aliphatic hydroxyl groups is 1. The minimum absolute atomic E-state index is 0.473. The summed E-state index contributed by atoms with van der Waals surface area (Å²) in [6.45, 7) is 1.73. The van der Waals surface area contributed by atoms with E-state index in [1.807, 2.05) is 24.3 Å². The van der Waals surface area contributed by atoms with E-state index in [9.17, 15) is 5.11 Å². The van der Waals surface area contributed by atoms with Crippen LogP contribution in [0.15, 0.2) is 42.5 Å². The van der Waals surface area contributed by atoms with Gasteiger partial charge in [-0.15, -0.1) is 0 Å². The first-order valence-corrected chi connectivity index (χ1v) is 6.33. The number of hydrogen-bond donors (Lipinski definition) is 1. The SMILES string of the molecule is COC(OC)C(C)(O)Cc1cccc2ccccc12. The Bertz CT molecular complexity index is 539. The summed E-state index contributed by atoms with van der Waals surface area (Å²) in [7, 11) is 3.07. The van der Waals surface area contributed by atoms with Crippen molar-refractivity contribution < 1.29 is 14.6 Å². The Kier molecular flexibility index (Phi) is 4.20. The lowest BCUT2D eigenvalue weighted by Gasteiger charge is -2.31. The van der Waals surface area contributed by atoms with Gasteiger partial charge in [-0.3, -0.25) is 0 Å². The maximum Gasteiger partial charge on any atom is 0.185 e. The predicted octanol–water partition coefficient (Wildman–Crippen LogP) is 2.75. The quantitative estimate of drug-likeness (QED) is 0.840. The Labute approximate surface area is 113 Å². The summed E-state index contributed by atoms with van der Waals surface area (Å²) in [4.78, 5) is 0. The monoisotopic (exact) mass is 260 g/mol. The summed E-state index contributed by atoms with van der Waals surface area (Å²) >= 11 is 0. The van der Waals surface area contributed by atoms with E-state index in [0.29, 0.717) is 6.42 Å². The standard InChI is InChI=1S/C16H20O3/c1-16(17,15(18-2)19-3)11-13-9-6-8-12-7-4-5-10-14(12)13/h4-10,15,17H,11H2,1-3H3. The van der Waals surface area contributed by atoms with E-state index in [1.165, 1.54) is 19.6 Å². The minimum atomic E-state index is -1.08. The van der Waals surface area contributed by atoms with Crippen molar-refractivity contribution in [2.24, 2.45) is 0 Å². The smallest absolute Gasteiger partial charge is 0.185 e. The molecule has 0 amide bonds. The van der Waals surface area contributed by atoms with E-state index in [-0.39, 0.29) is 0 Å². The number of rotatable bonds is 5. The van der Waals surface area contributed by atoms with Crippen molar-refractivity contribution in [2.75, 3.05) is 14.2 Å². The van der Waals surface area contributed by atoms with Gasteiger partial charge in [0.2, 0.25) is 0 Å². The molecule has 1 unspecified atom stereocenters. The highest BCUT2D eigenvalue weighted by atomic mass is 16.7. The lowest BCUT2D eigenvalue weighted by atomic mass is 9.92. The average Bonchev–Trinajstić information content (AvgIpc) is 2.40. The van der Waals surface area contributed by atoms with Gasteiger partial charge in [0.15, 0.2) is 6.29 Å². The number of ether oxygens (including phenoxy) is 2. The molecule has 0 aromatic heterocycles. The van der Waals surface area contributed by atoms with Crippen molar-refractivity contribution >= 4 is 10.8 Å². The van der Waals surface area contributed by atoms with Crippen LogP contribution in [0.3, 0.4) is 0 Å². The summed E-state index contributed by atoms with van der Waals surface area (Å²) in [5.41, 5.74) is 0.00960. The molecule has 1 atom stereocenters. The van der Waals surface area contributed by atoms with Crippen LogP contribution in [0, 0.1) is 0 Å². The Balaban J connectivity index is 2.35. The molecule has 19 heavy (non-hydrogen) atoms. The van der Waals surface area contributed by atoms with Crippen molar-refractivity contribution in [1.82, 2.24) is 0 Å². The Morgan fingerprint density at radius 3 is 2.37 bits per heavy atom. The van der Waals surface area contributed by atoms with Gasteiger partial charge in [0, 0.05) is 20.6 Å². The first-order valence-electron chi connectivity index (χ1n) is 6.33. The fourth-order valence-electron chi connectivity index (χ4n) is 2.52. The van der Waals surface area contributed by atoms with Crippen LogP contribution >= 0.6 is 0 Å². The van der Waals surface area contributed by atoms with Gasteiger partial charge in [-0.2, -0.15) is 0 Å². The second kappa shape index (κ2) is 5.70. The fraction of sp³-hybridized carbons (Fsp3) is 0.375. The molecular formula is C16H20O3. The van der Waals surface area contributed by atoms with Gasteiger partial charge >= 0.3 is 0 Å². The van der Waals surface area contributed by atoms with Gasteiger partial charge in [-0.25, -0.2) is 0 Å². The van der Waals surface area contributed by atoms with Crippen LogP contribution in [0.25, 0.3) is 10.8 Å². The van der Waals surface area contributed by atoms with E-state index >= 15 is 0 Å². The zero-order chi connectivity index (χ0) is 13.9.